The Balaban J connectivity index is 1.17. The molecule has 4 amide bonds. The van der Waals surface area contributed by atoms with E-state index in [4.69, 9.17) is 14.2 Å². The summed E-state index contributed by atoms with van der Waals surface area (Å²) in [6.07, 6.45) is 7.96. The SMILES string of the molecule is CC1(C)C2(CCC2)[C@@]12C[C@H]1C(=O)NC(CC3CCC3)C(=O)C(=O)Nc3ccccc3NCCCOCCC[C@H](NC(=O)OC3CCOC3)C(=O)N1C2. The first-order valence-electron chi connectivity index (χ1n) is 19.5. The first-order chi connectivity index (χ1) is 25.0. The lowest BCUT2D eigenvalue weighted by atomic mass is 9.73. The van der Waals surface area contributed by atoms with E-state index in [1.165, 1.54) is 0 Å². The molecule has 5 fully saturated rings. The minimum absolute atomic E-state index is 0.0421. The van der Waals surface area contributed by atoms with Crippen molar-refractivity contribution in [2.24, 2.45) is 22.2 Å². The predicted octanol–water partition coefficient (Wildman–Crippen LogP) is 4.16. The summed E-state index contributed by atoms with van der Waals surface area (Å²) in [5.74, 6) is -2.05. The van der Waals surface area contributed by atoms with Gasteiger partial charge in [0.25, 0.3) is 5.91 Å². The van der Waals surface area contributed by atoms with E-state index in [9.17, 15) is 24.0 Å². The molecule has 5 atom stereocenters. The van der Waals surface area contributed by atoms with Crippen LogP contribution in [0.15, 0.2) is 24.3 Å². The normalized spacial score (nSPS) is 32.4. The molecule has 2 unspecified atom stereocenters. The first-order valence-corrected chi connectivity index (χ1v) is 19.5. The highest BCUT2D eigenvalue weighted by Gasteiger charge is 2.85. The minimum atomic E-state index is -1.03. The number of amides is 4. The summed E-state index contributed by atoms with van der Waals surface area (Å²) in [6, 6.07) is 4.40. The van der Waals surface area contributed by atoms with Crippen LogP contribution in [0.1, 0.15) is 90.9 Å². The van der Waals surface area contributed by atoms with E-state index >= 15 is 0 Å². The van der Waals surface area contributed by atoms with Crippen LogP contribution in [0.5, 0.6) is 0 Å². The molecule has 3 aliphatic carbocycles. The van der Waals surface area contributed by atoms with Gasteiger partial charge in [-0.2, -0.15) is 0 Å². The topological polar surface area (TPSA) is 164 Å². The van der Waals surface area contributed by atoms with Crippen LogP contribution in [0.4, 0.5) is 16.2 Å². The number of hydrogen-bond acceptors (Lipinski definition) is 9. The molecule has 6 aliphatic rings. The number of alkyl carbamates (subject to hydrolysis) is 1. The number of ketones is 1. The maximum absolute atomic E-state index is 14.7. The Kier molecular flexibility index (Phi) is 10.5. The molecular weight excluding hydrogens is 666 g/mol. The van der Waals surface area contributed by atoms with E-state index < -0.39 is 41.8 Å². The van der Waals surface area contributed by atoms with E-state index in [0.29, 0.717) is 89.4 Å². The number of fused-ring (bicyclic) bond motifs is 3. The summed E-state index contributed by atoms with van der Waals surface area (Å²) in [7, 11) is 0. The lowest BCUT2D eigenvalue weighted by Gasteiger charge is -2.32. The van der Waals surface area contributed by atoms with Crippen LogP contribution in [-0.4, -0.2) is 98.2 Å². The molecule has 1 aromatic rings. The maximum Gasteiger partial charge on any atom is 0.408 e. The quantitative estimate of drug-likeness (QED) is 0.334. The second-order valence-electron chi connectivity index (χ2n) is 16.4. The second kappa shape index (κ2) is 15.0. The van der Waals surface area contributed by atoms with Crippen molar-refractivity contribution in [3.8, 4) is 0 Å². The lowest BCUT2D eigenvalue weighted by Crippen LogP contribution is -2.56. The largest absolute Gasteiger partial charge is 0.444 e. The molecule has 3 saturated carbocycles. The zero-order valence-electron chi connectivity index (χ0n) is 30.6. The van der Waals surface area contributed by atoms with Crippen molar-refractivity contribution in [1.29, 1.82) is 0 Å². The molecule has 13 nitrogen and oxygen atoms in total. The summed E-state index contributed by atoms with van der Waals surface area (Å²) in [5, 5.41) is 11.9. The third-order valence-electron chi connectivity index (χ3n) is 13.5. The molecule has 3 heterocycles. The van der Waals surface area contributed by atoms with E-state index in [2.05, 4.69) is 35.1 Å². The number of ether oxygens (including phenoxy) is 3. The number of nitrogens with zero attached hydrogens (tertiary/aromatic N) is 1. The standard InChI is InChI=1S/C39H55N5O8/c1-37(2)38(15-7-16-38)39(37)22-31-33(46)42-30(21-25-9-5-10-25)32(45)34(47)41-28-12-4-3-11-27(28)40-17-8-19-50-18-6-13-29(35(48)44(31)24-39)43-36(49)52-26-14-20-51-23-26/h3-4,11-12,25-26,29-31,40H,5-10,13-24H2,1-2H3,(H,41,47)(H,42,46)(H,43,49)/t26?,29-,30?,31-,39+/m0/s1. The van der Waals surface area contributed by atoms with Gasteiger partial charge in [0.1, 0.15) is 18.2 Å². The van der Waals surface area contributed by atoms with Gasteiger partial charge in [-0.05, 0) is 73.8 Å². The number of nitrogens with one attached hydrogen (secondary N) is 4. The van der Waals surface area contributed by atoms with Gasteiger partial charge in [0.2, 0.25) is 17.6 Å². The molecule has 0 bridgehead atoms. The van der Waals surface area contributed by atoms with Gasteiger partial charge >= 0.3 is 6.09 Å². The molecule has 284 valence electrons. The molecule has 0 aromatic heterocycles. The molecule has 2 saturated heterocycles. The molecule has 52 heavy (non-hydrogen) atoms. The Hall–Kier alpha value is -3.71. The number of Topliss-reactive ketones (excluding diaryl/α,β-unsaturated/α-hetero) is 1. The van der Waals surface area contributed by atoms with Gasteiger partial charge in [0.15, 0.2) is 0 Å². The van der Waals surface area contributed by atoms with Gasteiger partial charge in [0, 0.05) is 38.1 Å². The minimum Gasteiger partial charge on any atom is -0.444 e. The highest BCUT2D eigenvalue weighted by molar-refractivity contribution is 6.42. The molecule has 7 rings (SSSR count). The zero-order valence-corrected chi connectivity index (χ0v) is 30.6. The smallest absolute Gasteiger partial charge is 0.408 e. The van der Waals surface area contributed by atoms with Crippen LogP contribution >= 0.6 is 0 Å². The summed E-state index contributed by atoms with van der Waals surface area (Å²) < 4.78 is 16.9. The molecule has 1 aromatic carbocycles. The number of rotatable bonds is 4. The van der Waals surface area contributed by atoms with Crippen molar-refractivity contribution in [1.82, 2.24) is 15.5 Å². The number of benzene rings is 1. The number of carbonyl (C=O) groups is 5. The maximum atomic E-state index is 14.7. The molecule has 4 N–H and O–H groups in total. The highest BCUT2D eigenvalue weighted by Crippen LogP contribution is 2.88. The molecule has 2 spiro atoms. The first kappa shape index (κ1) is 36.6. The fourth-order valence-corrected chi connectivity index (χ4v) is 9.99. The summed E-state index contributed by atoms with van der Waals surface area (Å²) in [4.78, 5) is 71.5. The molecular formula is C39H55N5O8. The number of anilines is 2. The van der Waals surface area contributed by atoms with E-state index in [0.717, 1.165) is 38.5 Å². The average molecular weight is 722 g/mol. The van der Waals surface area contributed by atoms with Gasteiger partial charge in [-0.1, -0.05) is 51.7 Å². The van der Waals surface area contributed by atoms with Crippen LogP contribution in [0.25, 0.3) is 0 Å². The Labute approximate surface area is 306 Å². The number of para-hydroxylation sites is 2. The van der Waals surface area contributed by atoms with E-state index in [-0.39, 0.29) is 34.2 Å². The van der Waals surface area contributed by atoms with Crippen LogP contribution in [-0.2, 0) is 33.4 Å². The van der Waals surface area contributed by atoms with Crippen LogP contribution in [0.2, 0.25) is 0 Å². The molecule has 0 radical (unpaired) electrons. The molecule has 3 aliphatic heterocycles. The average Bonchev–Trinajstić information content (AvgIpc) is 3.54. The van der Waals surface area contributed by atoms with E-state index in [1.807, 2.05) is 12.1 Å². The number of carbonyl (C=O) groups excluding carboxylic acids is 5. The fraction of sp³-hybridized carbons (Fsp3) is 0.718. The van der Waals surface area contributed by atoms with Crippen molar-refractivity contribution in [2.75, 3.05) is 50.2 Å². The van der Waals surface area contributed by atoms with Crippen LogP contribution in [0.3, 0.4) is 0 Å². The number of hydrogen-bond donors (Lipinski definition) is 4. The summed E-state index contributed by atoms with van der Waals surface area (Å²) in [6.45, 7) is 7.12. The highest BCUT2D eigenvalue weighted by atomic mass is 16.6. The van der Waals surface area contributed by atoms with Gasteiger partial charge < -0.3 is 40.4 Å². The second-order valence-corrected chi connectivity index (χ2v) is 16.4. The predicted molar refractivity (Wildman–Crippen MR) is 192 cm³/mol. The van der Waals surface area contributed by atoms with Gasteiger partial charge in [-0.25, -0.2) is 4.79 Å². The van der Waals surface area contributed by atoms with Crippen molar-refractivity contribution < 1.29 is 38.2 Å². The lowest BCUT2D eigenvalue weighted by molar-refractivity contribution is -0.142. The van der Waals surface area contributed by atoms with Gasteiger partial charge in [-0.15, -0.1) is 0 Å². The Bertz CT molecular complexity index is 1540. The van der Waals surface area contributed by atoms with E-state index in [1.54, 1.807) is 17.0 Å². The monoisotopic (exact) mass is 721 g/mol. The van der Waals surface area contributed by atoms with Crippen molar-refractivity contribution in [3.63, 3.8) is 0 Å². The fourth-order valence-electron chi connectivity index (χ4n) is 9.99. The van der Waals surface area contributed by atoms with Crippen LogP contribution < -0.4 is 21.3 Å². The Morgan fingerprint density at radius 3 is 2.37 bits per heavy atom. The third kappa shape index (κ3) is 6.79. The molecule has 13 heteroatoms. The van der Waals surface area contributed by atoms with Gasteiger partial charge in [-0.3, -0.25) is 19.2 Å². The summed E-state index contributed by atoms with van der Waals surface area (Å²) in [5.41, 5.74) is 0.866. The van der Waals surface area contributed by atoms with Crippen molar-refractivity contribution in [2.45, 2.75) is 115 Å². The summed E-state index contributed by atoms with van der Waals surface area (Å²) >= 11 is 0. The van der Waals surface area contributed by atoms with Crippen LogP contribution in [0, 0.1) is 22.2 Å². The zero-order chi connectivity index (χ0) is 36.5. The van der Waals surface area contributed by atoms with Crippen molar-refractivity contribution >= 4 is 41.0 Å². The Morgan fingerprint density at radius 2 is 1.69 bits per heavy atom. The van der Waals surface area contributed by atoms with Gasteiger partial charge in [0.05, 0.1) is 30.6 Å². The van der Waals surface area contributed by atoms with Crippen molar-refractivity contribution in [3.05, 3.63) is 24.3 Å². The third-order valence-corrected chi connectivity index (χ3v) is 13.5. The Morgan fingerprint density at radius 1 is 0.923 bits per heavy atom.